The highest BCUT2D eigenvalue weighted by atomic mass is 16.4. The Morgan fingerprint density at radius 3 is 3.08 bits per heavy atom. The van der Waals surface area contributed by atoms with Crippen LogP contribution in [0.15, 0.2) is 34.8 Å². The maximum Gasteiger partial charge on any atom is 0.268 e. The van der Waals surface area contributed by atoms with E-state index in [1.54, 1.807) is 0 Å². The molecule has 2 aliphatic rings. The van der Waals surface area contributed by atoms with Gasteiger partial charge in [0.15, 0.2) is 0 Å². The highest BCUT2D eigenvalue weighted by Gasteiger charge is 2.22. The minimum Gasteiger partial charge on any atom is -0.440 e. The molecule has 2 aromatic heterocycles. The number of carbonyl (C=O) groups is 1. The van der Waals surface area contributed by atoms with Gasteiger partial charge in [-0.2, -0.15) is 0 Å². The van der Waals surface area contributed by atoms with E-state index in [1.165, 1.54) is 0 Å². The lowest BCUT2D eigenvalue weighted by molar-refractivity contribution is 0.0929. The summed E-state index contributed by atoms with van der Waals surface area (Å²) in [5.41, 5.74) is 10.1. The first kappa shape index (κ1) is 13.4. The molecule has 3 N–H and O–H groups in total. The molecule has 0 unspecified atom stereocenters. The van der Waals surface area contributed by atoms with E-state index >= 15 is 0 Å². The van der Waals surface area contributed by atoms with Gasteiger partial charge in [0.05, 0.1) is 5.70 Å². The van der Waals surface area contributed by atoms with Crippen LogP contribution in [0.3, 0.4) is 0 Å². The van der Waals surface area contributed by atoms with Crippen LogP contribution in [0.1, 0.15) is 28.4 Å². The molecule has 3 aromatic rings. The predicted molar refractivity (Wildman–Crippen MR) is 90.3 cm³/mol. The van der Waals surface area contributed by atoms with E-state index in [4.69, 9.17) is 10.2 Å². The number of oxazole rings is 1. The molecule has 1 aromatic carbocycles. The van der Waals surface area contributed by atoms with Crippen molar-refractivity contribution in [3.8, 4) is 11.5 Å². The fourth-order valence-electron chi connectivity index (χ4n) is 3.51. The van der Waals surface area contributed by atoms with Crippen LogP contribution in [0.2, 0.25) is 0 Å². The van der Waals surface area contributed by atoms with Crippen molar-refractivity contribution in [2.24, 2.45) is 5.73 Å². The minimum absolute atomic E-state index is 0.0245. The summed E-state index contributed by atoms with van der Waals surface area (Å²) in [6.07, 6.45) is 3.69. The van der Waals surface area contributed by atoms with Crippen molar-refractivity contribution in [1.82, 2.24) is 14.9 Å². The van der Waals surface area contributed by atoms with Crippen LogP contribution in [-0.4, -0.2) is 22.0 Å². The number of nitrogens with one attached hydrogen (secondary N) is 1. The first-order chi connectivity index (χ1) is 11.7. The van der Waals surface area contributed by atoms with Crippen molar-refractivity contribution in [3.63, 3.8) is 0 Å². The third kappa shape index (κ3) is 1.83. The van der Waals surface area contributed by atoms with Gasteiger partial charge >= 0.3 is 0 Å². The number of fused-ring (bicyclic) bond motifs is 4. The van der Waals surface area contributed by atoms with Gasteiger partial charge in [-0.15, -0.1) is 0 Å². The van der Waals surface area contributed by atoms with Gasteiger partial charge in [-0.3, -0.25) is 4.79 Å². The molecule has 1 amide bonds. The van der Waals surface area contributed by atoms with E-state index in [2.05, 4.69) is 14.9 Å². The first-order valence-corrected chi connectivity index (χ1v) is 8.08. The standard InChI is InChI=1S/C18H16N4O2/c19-12-2-1-3-15-16(12)21-18(24-15)11-5-4-10-8-14-17(23)20-6-7-22(14)13(10)9-11/h2,4-5,8-9H,1,3,6-7,19H2,(H,20,23). The minimum atomic E-state index is -0.0245. The molecule has 0 radical (unpaired) electrons. The molecule has 0 bridgehead atoms. The van der Waals surface area contributed by atoms with Crippen LogP contribution in [0.5, 0.6) is 0 Å². The average Bonchev–Trinajstić information content (AvgIpc) is 3.17. The van der Waals surface area contributed by atoms with Crippen molar-refractivity contribution < 1.29 is 9.21 Å². The molecule has 1 aliphatic carbocycles. The van der Waals surface area contributed by atoms with Crippen LogP contribution in [0.25, 0.3) is 28.1 Å². The second-order valence-corrected chi connectivity index (χ2v) is 6.20. The number of aryl methyl sites for hydroxylation is 1. The van der Waals surface area contributed by atoms with Gasteiger partial charge in [0.2, 0.25) is 5.89 Å². The lowest BCUT2D eigenvalue weighted by Crippen LogP contribution is -2.34. The summed E-state index contributed by atoms with van der Waals surface area (Å²) in [5.74, 6) is 1.40. The van der Waals surface area contributed by atoms with Crippen LogP contribution in [0.4, 0.5) is 0 Å². The summed E-state index contributed by atoms with van der Waals surface area (Å²) in [5, 5.41) is 3.92. The second-order valence-electron chi connectivity index (χ2n) is 6.20. The van der Waals surface area contributed by atoms with Crippen molar-refractivity contribution in [2.75, 3.05) is 6.54 Å². The molecule has 24 heavy (non-hydrogen) atoms. The summed E-state index contributed by atoms with van der Waals surface area (Å²) in [4.78, 5) is 16.6. The molecule has 120 valence electrons. The average molecular weight is 320 g/mol. The number of carbonyl (C=O) groups excluding carboxylic acids is 1. The van der Waals surface area contributed by atoms with Gasteiger partial charge in [0.1, 0.15) is 17.1 Å². The molecule has 0 saturated carbocycles. The third-order valence-electron chi connectivity index (χ3n) is 4.71. The summed E-state index contributed by atoms with van der Waals surface area (Å²) in [7, 11) is 0. The molecular formula is C18H16N4O2. The summed E-state index contributed by atoms with van der Waals surface area (Å²) in [6, 6.07) is 7.94. The summed E-state index contributed by atoms with van der Waals surface area (Å²) >= 11 is 0. The maximum atomic E-state index is 12.0. The number of nitrogens with two attached hydrogens (primary N) is 1. The topological polar surface area (TPSA) is 86.1 Å². The Bertz CT molecular complexity index is 1030. The monoisotopic (exact) mass is 320 g/mol. The van der Waals surface area contributed by atoms with Crippen molar-refractivity contribution >= 4 is 22.5 Å². The molecule has 0 atom stereocenters. The maximum absolute atomic E-state index is 12.0. The Hall–Kier alpha value is -3.02. The Balaban J connectivity index is 1.66. The molecule has 6 heteroatoms. The summed E-state index contributed by atoms with van der Waals surface area (Å²) < 4.78 is 7.98. The number of nitrogens with zero attached hydrogens (tertiary/aromatic N) is 2. The Labute approximate surface area is 138 Å². The third-order valence-corrected chi connectivity index (χ3v) is 4.71. The highest BCUT2D eigenvalue weighted by Crippen LogP contribution is 2.31. The lowest BCUT2D eigenvalue weighted by atomic mass is 10.1. The number of hydrogen-bond donors (Lipinski definition) is 2. The molecular weight excluding hydrogens is 304 g/mol. The van der Waals surface area contributed by atoms with Crippen LogP contribution in [-0.2, 0) is 13.0 Å². The zero-order valence-corrected chi connectivity index (χ0v) is 13.0. The molecule has 0 saturated heterocycles. The van der Waals surface area contributed by atoms with Gasteiger partial charge in [-0.25, -0.2) is 4.98 Å². The van der Waals surface area contributed by atoms with Gasteiger partial charge in [-0.05, 0) is 24.6 Å². The van der Waals surface area contributed by atoms with E-state index in [1.807, 2.05) is 30.3 Å². The number of rotatable bonds is 1. The molecule has 0 spiro atoms. The first-order valence-electron chi connectivity index (χ1n) is 8.08. The van der Waals surface area contributed by atoms with Gasteiger partial charge in [-0.1, -0.05) is 12.1 Å². The molecule has 5 rings (SSSR count). The van der Waals surface area contributed by atoms with E-state index in [9.17, 15) is 4.79 Å². The van der Waals surface area contributed by atoms with E-state index in [0.717, 1.165) is 47.3 Å². The SMILES string of the molecule is NC1=CCCc2oc(-c3ccc4cc5n(c4c3)CCNC5=O)nc21. The zero-order valence-electron chi connectivity index (χ0n) is 13.0. The largest absolute Gasteiger partial charge is 0.440 e. The number of hydrogen-bond acceptors (Lipinski definition) is 4. The van der Waals surface area contributed by atoms with Crippen LogP contribution >= 0.6 is 0 Å². The number of allylic oxidation sites excluding steroid dienone is 1. The van der Waals surface area contributed by atoms with Crippen molar-refractivity contribution in [2.45, 2.75) is 19.4 Å². The predicted octanol–water partition coefficient (Wildman–Crippen LogP) is 2.29. The highest BCUT2D eigenvalue weighted by molar-refractivity contribution is 6.00. The van der Waals surface area contributed by atoms with Gasteiger partial charge in [0.25, 0.3) is 5.91 Å². The van der Waals surface area contributed by atoms with Crippen LogP contribution in [0, 0.1) is 0 Å². The number of amides is 1. The zero-order chi connectivity index (χ0) is 16.3. The van der Waals surface area contributed by atoms with Crippen molar-refractivity contribution in [1.29, 1.82) is 0 Å². The van der Waals surface area contributed by atoms with E-state index < -0.39 is 0 Å². The lowest BCUT2D eigenvalue weighted by Gasteiger charge is -2.16. The van der Waals surface area contributed by atoms with Crippen LogP contribution < -0.4 is 11.1 Å². The normalized spacial score (nSPS) is 16.5. The second kappa shape index (κ2) is 4.74. The smallest absolute Gasteiger partial charge is 0.268 e. The summed E-state index contributed by atoms with van der Waals surface area (Å²) in [6.45, 7) is 1.42. The molecule has 0 fully saturated rings. The van der Waals surface area contributed by atoms with Gasteiger partial charge in [0, 0.05) is 36.0 Å². The Kier molecular flexibility index (Phi) is 2.65. The molecule has 6 nitrogen and oxygen atoms in total. The molecule has 1 aliphatic heterocycles. The Morgan fingerprint density at radius 2 is 2.21 bits per heavy atom. The molecule has 3 heterocycles. The van der Waals surface area contributed by atoms with Gasteiger partial charge < -0.3 is 20.0 Å². The quantitative estimate of drug-likeness (QED) is 0.720. The number of aromatic nitrogens is 2. The van der Waals surface area contributed by atoms with E-state index in [-0.39, 0.29) is 5.91 Å². The fraction of sp³-hybridized carbons (Fsp3) is 0.222. The van der Waals surface area contributed by atoms with Crippen molar-refractivity contribution in [3.05, 3.63) is 47.5 Å². The Morgan fingerprint density at radius 1 is 1.29 bits per heavy atom. The number of benzene rings is 1. The van der Waals surface area contributed by atoms with E-state index in [0.29, 0.717) is 23.8 Å². The fourth-order valence-corrected chi connectivity index (χ4v) is 3.51.